The number of amides is 1. The number of anilines is 1. The molecule has 0 bridgehead atoms. The van der Waals surface area contributed by atoms with E-state index in [2.05, 4.69) is 18.9 Å². The number of hydrogen-bond donors (Lipinski definition) is 0. The lowest BCUT2D eigenvalue weighted by atomic mass is 10.1. The third-order valence-electron chi connectivity index (χ3n) is 4.07. The van der Waals surface area contributed by atoms with Crippen molar-refractivity contribution in [1.29, 1.82) is 0 Å². The molecule has 106 valence electrons. The summed E-state index contributed by atoms with van der Waals surface area (Å²) in [5.74, 6) is 0.658. The van der Waals surface area contributed by atoms with E-state index in [0.717, 1.165) is 11.6 Å². The molecule has 1 heterocycles. The van der Waals surface area contributed by atoms with Crippen LogP contribution in [-0.2, 0) is 4.74 Å². The molecule has 0 aromatic heterocycles. The SMILES string of the molecule is CC1CC1N(C)c1cccc(C(=O)N2CCOC2=S)c1. The van der Waals surface area contributed by atoms with Gasteiger partial charge < -0.3 is 9.64 Å². The molecule has 1 saturated heterocycles. The molecule has 0 spiro atoms. The zero-order valence-electron chi connectivity index (χ0n) is 11.7. The lowest BCUT2D eigenvalue weighted by Crippen LogP contribution is -2.31. The van der Waals surface area contributed by atoms with Crippen LogP contribution in [0, 0.1) is 5.92 Å². The normalized spacial score (nSPS) is 24.5. The fourth-order valence-corrected chi connectivity index (χ4v) is 2.88. The zero-order valence-corrected chi connectivity index (χ0v) is 12.5. The Hall–Kier alpha value is -1.62. The Labute approximate surface area is 124 Å². The van der Waals surface area contributed by atoms with E-state index in [1.807, 2.05) is 24.3 Å². The molecule has 2 atom stereocenters. The van der Waals surface area contributed by atoms with Crippen molar-refractivity contribution in [2.24, 2.45) is 5.92 Å². The van der Waals surface area contributed by atoms with Gasteiger partial charge in [-0.25, -0.2) is 0 Å². The van der Waals surface area contributed by atoms with Crippen molar-refractivity contribution in [1.82, 2.24) is 4.90 Å². The Morgan fingerprint density at radius 2 is 2.25 bits per heavy atom. The summed E-state index contributed by atoms with van der Waals surface area (Å²) in [5, 5.41) is 0.282. The van der Waals surface area contributed by atoms with Crippen molar-refractivity contribution in [3.8, 4) is 0 Å². The number of carbonyl (C=O) groups excluding carboxylic acids is 1. The smallest absolute Gasteiger partial charge is 0.266 e. The number of ether oxygens (including phenoxy) is 1. The van der Waals surface area contributed by atoms with E-state index in [1.165, 1.54) is 11.3 Å². The van der Waals surface area contributed by atoms with Crippen molar-refractivity contribution in [2.45, 2.75) is 19.4 Å². The number of rotatable bonds is 3. The van der Waals surface area contributed by atoms with Gasteiger partial charge in [-0.3, -0.25) is 9.69 Å². The summed E-state index contributed by atoms with van der Waals surface area (Å²) in [6, 6.07) is 8.33. The molecular weight excluding hydrogens is 272 g/mol. The quantitative estimate of drug-likeness (QED) is 0.800. The monoisotopic (exact) mass is 290 g/mol. The van der Waals surface area contributed by atoms with Crippen LogP contribution in [0.5, 0.6) is 0 Å². The predicted octanol–water partition coefficient (Wildman–Crippen LogP) is 2.29. The molecule has 20 heavy (non-hydrogen) atoms. The third kappa shape index (κ3) is 2.38. The molecule has 1 aromatic rings. The van der Waals surface area contributed by atoms with Crippen LogP contribution < -0.4 is 4.90 Å². The van der Waals surface area contributed by atoms with Gasteiger partial charge in [0.2, 0.25) is 0 Å². The molecule has 3 rings (SSSR count). The predicted molar refractivity (Wildman–Crippen MR) is 82.0 cm³/mol. The summed E-state index contributed by atoms with van der Waals surface area (Å²) in [5.41, 5.74) is 1.74. The van der Waals surface area contributed by atoms with Crippen LogP contribution in [0.2, 0.25) is 0 Å². The van der Waals surface area contributed by atoms with Gasteiger partial charge in [0.15, 0.2) is 0 Å². The maximum atomic E-state index is 12.4. The van der Waals surface area contributed by atoms with Crippen LogP contribution >= 0.6 is 12.2 Å². The molecule has 2 aliphatic rings. The molecular formula is C15H18N2O2S. The van der Waals surface area contributed by atoms with Crippen LogP contribution in [0.4, 0.5) is 5.69 Å². The van der Waals surface area contributed by atoms with Gasteiger partial charge in [0, 0.05) is 24.3 Å². The molecule has 2 unspecified atom stereocenters. The average molecular weight is 290 g/mol. The molecule has 1 aromatic carbocycles. The first kappa shape index (κ1) is 13.4. The average Bonchev–Trinajstić information content (AvgIpc) is 3.03. The Balaban J connectivity index is 1.80. The highest BCUT2D eigenvalue weighted by Crippen LogP contribution is 2.37. The fraction of sp³-hybridized carbons (Fsp3) is 0.467. The second-order valence-electron chi connectivity index (χ2n) is 5.51. The molecule has 1 saturated carbocycles. The van der Waals surface area contributed by atoms with Crippen molar-refractivity contribution in [3.63, 3.8) is 0 Å². The van der Waals surface area contributed by atoms with Gasteiger partial charge in [0.25, 0.3) is 11.1 Å². The largest absolute Gasteiger partial charge is 0.469 e. The maximum Gasteiger partial charge on any atom is 0.266 e. The Morgan fingerprint density at radius 1 is 1.50 bits per heavy atom. The number of carbonyl (C=O) groups is 1. The lowest BCUT2D eigenvalue weighted by Gasteiger charge is -2.20. The molecule has 1 amide bonds. The fourth-order valence-electron chi connectivity index (χ4n) is 2.63. The second-order valence-corrected chi connectivity index (χ2v) is 5.86. The third-order valence-corrected chi connectivity index (χ3v) is 4.41. The van der Waals surface area contributed by atoms with Gasteiger partial charge in [-0.15, -0.1) is 0 Å². The van der Waals surface area contributed by atoms with Crippen LogP contribution in [0.3, 0.4) is 0 Å². The van der Waals surface area contributed by atoms with E-state index in [1.54, 1.807) is 0 Å². The molecule has 1 aliphatic heterocycles. The van der Waals surface area contributed by atoms with Crippen molar-refractivity contribution < 1.29 is 9.53 Å². The van der Waals surface area contributed by atoms with Gasteiger partial charge >= 0.3 is 0 Å². The lowest BCUT2D eigenvalue weighted by molar-refractivity contribution is 0.0860. The highest BCUT2D eigenvalue weighted by molar-refractivity contribution is 7.80. The van der Waals surface area contributed by atoms with E-state index in [4.69, 9.17) is 17.0 Å². The van der Waals surface area contributed by atoms with Crippen LogP contribution in [0.1, 0.15) is 23.7 Å². The van der Waals surface area contributed by atoms with Gasteiger partial charge in [-0.1, -0.05) is 13.0 Å². The van der Waals surface area contributed by atoms with E-state index >= 15 is 0 Å². The van der Waals surface area contributed by atoms with Gasteiger partial charge in [-0.2, -0.15) is 0 Å². The highest BCUT2D eigenvalue weighted by atomic mass is 32.1. The Morgan fingerprint density at radius 3 is 2.85 bits per heavy atom. The molecule has 2 fully saturated rings. The van der Waals surface area contributed by atoms with Gasteiger partial charge in [0.05, 0.1) is 6.54 Å². The summed E-state index contributed by atoms with van der Waals surface area (Å²) in [6.07, 6.45) is 1.22. The van der Waals surface area contributed by atoms with E-state index in [9.17, 15) is 4.79 Å². The summed E-state index contributed by atoms with van der Waals surface area (Å²) in [6.45, 7) is 3.28. The Kier molecular flexibility index (Phi) is 3.38. The van der Waals surface area contributed by atoms with Gasteiger partial charge in [0.1, 0.15) is 6.61 Å². The van der Waals surface area contributed by atoms with E-state index in [-0.39, 0.29) is 11.1 Å². The maximum absolute atomic E-state index is 12.4. The molecule has 0 N–H and O–H groups in total. The van der Waals surface area contributed by atoms with E-state index < -0.39 is 0 Å². The zero-order chi connectivity index (χ0) is 14.3. The first-order valence-electron chi connectivity index (χ1n) is 6.89. The number of benzene rings is 1. The first-order valence-corrected chi connectivity index (χ1v) is 7.30. The molecule has 5 heteroatoms. The Bertz CT molecular complexity index is 561. The van der Waals surface area contributed by atoms with Crippen LogP contribution in [0.25, 0.3) is 0 Å². The van der Waals surface area contributed by atoms with Crippen molar-refractivity contribution >= 4 is 29.0 Å². The summed E-state index contributed by atoms with van der Waals surface area (Å²) in [4.78, 5) is 16.2. The van der Waals surface area contributed by atoms with Gasteiger partial charge in [-0.05, 0) is 42.8 Å². The first-order chi connectivity index (χ1) is 9.58. The van der Waals surface area contributed by atoms with E-state index in [0.29, 0.717) is 24.8 Å². The summed E-state index contributed by atoms with van der Waals surface area (Å²) in [7, 11) is 2.08. The minimum absolute atomic E-state index is 0.0772. The molecule has 1 aliphatic carbocycles. The number of nitrogens with zero attached hydrogens (tertiary/aromatic N) is 2. The van der Waals surface area contributed by atoms with Crippen LogP contribution in [-0.4, -0.2) is 42.2 Å². The van der Waals surface area contributed by atoms with Crippen molar-refractivity contribution in [3.05, 3.63) is 29.8 Å². The molecule has 0 radical (unpaired) electrons. The summed E-state index contributed by atoms with van der Waals surface area (Å²) < 4.78 is 5.17. The second kappa shape index (κ2) is 5.05. The van der Waals surface area contributed by atoms with Crippen LogP contribution in [0.15, 0.2) is 24.3 Å². The topological polar surface area (TPSA) is 32.8 Å². The minimum atomic E-state index is -0.0772. The standard InChI is InChI=1S/C15H18N2O2S/c1-10-8-13(10)16(2)12-5-3-4-11(9-12)14(18)17-6-7-19-15(17)20/h3-5,9-10,13H,6-8H2,1-2H3. The van der Waals surface area contributed by atoms with Crippen molar-refractivity contribution in [2.75, 3.05) is 25.1 Å². The highest BCUT2D eigenvalue weighted by Gasteiger charge is 2.36. The number of hydrogen-bond acceptors (Lipinski definition) is 4. The number of thiocarbonyl (C=S) groups is 1. The minimum Gasteiger partial charge on any atom is -0.469 e. The molecule has 4 nitrogen and oxygen atoms in total. The summed E-state index contributed by atoms with van der Waals surface area (Å²) >= 11 is 5.04.